The van der Waals surface area contributed by atoms with Gasteiger partial charge in [0.05, 0.1) is 7.11 Å². The number of hydrogen-bond donors (Lipinski definition) is 1. The zero-order valence-electron chi connectivity index (χ0n) is 12.2. The highest BCUT2D eigenvalue weighted by molar-refractivity contribution is 7.09. The fraction of sp³-hybridized carbons (Fsp3) is 0.312. The monoisotopic (exact) mass is 305 g/mol. The molecule has 0 amide bonds. The fourth-order valence-corrected chi connectivity index (χ4v) is 2.87. The molecule has 0 atom stereocenters. The zero-order chi connectivity index (χ0) is 15.2. The summed E-state index contributed by atoms with van der Waals surface area (Å²) in [4.78, 5) is 14.8. The summed E-state index contributed by atoms with van der Waals surface area (Å²) < 4.78 is 5.07. The molecule has 0 aliphatic carbocycles. The number of thiophene rings is 1. The summed E-state index contributed by atoms with van der Waals surface area (Å²) in [5, 5.41) is 11.3. The van der Waals surface area contributed by atoms with Gasteiger partial charge in [-0.05, 0) is 42.6 Å². The van der Waals surface area contributed by atoms with E-state index >= 15 is 0 Å². The van der Waals surface area contributed by atoms with Crippen LogP contribution in [0.4, 0.5) is 0 Å². The number of benzene rings is 1. The lowest BCUT2D eigenvalue weighted by atomic mass is 10.1. The van der Waals surface area contributed by atoms with Crippen molar-refractivity contribution in [1.29, 1.82) is 0 Å². The number of carboxylic acid groups (broad SMARTS) is 1. The van der Waals surface area contributed by atoms with Crippen LogP contribution in [0.5, 0.6) is 5.75 Å². The summed E-state index contributed by atoms with van der Waals surface area (Å²) in [6.07, 6.45) is 1.01. The van der Waals surface area contributed by atoms with Gasteiger partial charge in [0.25, 0.3) is 0 Å². The topological polar surface area (TPSA) is 49.8 Å². The molecule has 0 saturated heterocycles. The second-order valence-corrected chi connectivity index (χ2v) is 5.94. The van der Waals surface area contributed by atoms with Crippen molar-refractivity contribution in [2.75, 3.05) is 20.7 Å². The molecule has 21 heavy (non-hydrogen) atoms. The zero-order valence-corrected chi connectivity index (χ0v) is 13.0. The van der Waals surface area contributed by atoms with E-state index in [0.717, 1.165) is 25.1 Å². The van der Waals surface area contributed by atoms with Gasteiger partial charge in [0.15, 0.2) is 0 Å². The SMILES string of the molecule is COc1ccc(CN(C)CCc2cccs2)cc1C(=O)O. The molecule has 0 spiro atoms. The Bertz CT molecular complexity index is 596. The van der Waals surface area contributed by atoms with Crippen molar-refractivity contribution < 1.29 is 14.6 Å². The first-order valence-corrected chi connectivity index (χ1v) is 7.59. The van der Waals surface area contributed by atoms with Gasteiger partial charge in [-0.25, -0.2) is 4.79 Å². The molecule has 4 nitrogen and oxygen atoms in total. The maximum Gasteiger partial charge on any atom is 0.339 e. The predicted molar refractivity (Wildman–Crippen MR) is 84.3 cm³/mol. The number of likely N-dealkylation sites (N-methyl/N-ethyl adjacent to an activating group) is 1. The average molecular weight is 305 g/mol. The van der Waals surface area contributed by atoms with Crippen LogP contribution in [0.2, 0.25) is 0 Å². The van der Waals surface area contributed by atoms with Gasteiger partial charge in [-0.1, -0.05) is 12.1 Å². The Hall–Kier alpha value is -1.85. The summed E-state index contributed by atoms with van der Waals surface area (Å²) in [6, 6.07) is 9.50. The van der Waals surface area contributed by atoms with Gasteiger partial charge >= 0.3 is 5.97 Å². The fourth-order valence-electron chi connectivity index (χ4n) is 2.17. The van der Waals surface area contributed by atoms with Crippen molar-refractivity contribution in [3.05, 3.63) is 51.7 Å². The van der Waals surface area contributed by atoms with E-state index in [0.29, 0.717) is 5.75 Å². The minimum atomic E-state index is -0.963. The van der Waals surface area contributed by atoms with Crippen LogP contribution in [-0.4, -0.2) is 36.7 Å². The van der Waals surface area contributed by atoms with Gasteiger partial charge in [-0.15, -0.1) is 11.3 Å². The lowest BCUT2D eigenvalue weighted by Gasteiger charge is -2.17. The maximum absolute atomic E-state index is 11.2. The second-order valence-electron chi connectivity index (χ2n) is 4.91. The van der Waals surface area contributed by atoms with Crippen LogP contribution in [0.3, 0.4) is 0 Å². The molecular weight excluding hydrogens is 286 g/mol. The molecular formula is C16H19NO3S. The van der Waals surface area contributed by atoms with Crippen molar-refractivity contribution in [1.82, 2.24) is 4.90 Å². The van der Waals surface area contributed by atoms with Crippen molar-refractivity contribution in [2.24, 2.45) is 0 Å². The molecule has 2 rings (SSSR count). The van der Waals surface area contributed by atoms with E-state index in [1.54, 1.807) is 23.5 Å². The molecule has 0 radical (unpaired) electrons. The number of carbonyl (C=O) groups is 1. The number of nitrogens with zero attached hydrogens (tertiary/aromatic N) is 1. The second kappa shape index (κ2) is 7.24. The predicted octanol–water partition coefficient (Wildman–Crippen LogP) is 3.13. The standard InChI is InChI=1S/C16H19NO3S/c1-17(8-7-13-4-3-9-21-13)11-12-5-6-15(20-2)14(10-12)16(18)19/h3-6,9-10H,7-8,11H2,1-2H3,(H,18,19). The first-order chi connectivity index (χ1) is 10.1. The van der Waals surface area contributed by atoms with Crippen LogP contribution in [0.15, 0.2) is 35.7 Å². The van der Waals surface area contributed by atoms with Crippen LogP contribution in [0, 0.1) is 0 Å². The van der Waals surface area contributed by atoms with E-state index in [1.165, 1.54) is 12.0 Å². The number of hydrogen-bond acceptors (Lipinski definition) is 4. The summed E-state index contributed by atoms with van der Waals surface area (Å²) >= 11 is 1.76. The normalized spacial score (nSPS) is 10.8. The number of rotatable bonds is 7. The molecule has 0 unspecified atom stereocenters. The van der Waals surface area contributed by atoms with Crippen LogP contribution >= 0.6 is 11.3 Å². The van der Waals surface area contributed by atoms with E-state index in [2.05, 4.69) is 22.4 Å². The molecule has 112 valence electrons. The smallest absolute Gasteiger partial charge is 0.339 e. The van der Waals surface area contributed by atoms with Crippen LogP contribution in [-0.2, 0) is 13.0 Å². The van der Waals surface area contributed by atoms with Gasteiger partial charge in [-0.2, -0.15) is 0 Å². The van der Waals surface area contributed by atoms with Gasteiger partial charge < -0.3 is 14.7 Å². The van der Waals surface area contributed by atoms with Gasteiger partial charge in [-0.3, -0.25) is 0 Å². The first kappa shape index (κ1) is 15.5. The third-order valence-electron chi connectivity index (χ3n) is 3.27. The van der Waals surface area contributed by atoms with E-state index in [9.17, 15) is 9.90 Å². The Balaban J connectivity index is 1.98. The lowest BCUT2D eigenvalue weighted by Crippen LogP contribution is -2.20. The molecule has 0 saturated carbocycles. The highest BCUT2D eigenvalue weighted by Gasteiger charge is 2.12. The summed E-state index contributed by atoms with van der Waals surface area (Å²) in [7, 11) is 3.52. The van der Waals surface area contributed by atoms with Crippen molar-refractivity contribution in [3.63, 3.8) is 0 Å². The molecule has 1 heterocycles. The van der Waals surface area contributed by atoms with Crippen LogP contribution in [0.25, 0.3) is 0 Å². The van der Waals surface area contributed by atoms with Gasteiger partial charge in [0.2, 0.25) is 0 Å². The molecule has 0 bridgehead atoms. The van der Waals surface area contributed by atoms with Crippen molar-refractivity contribution in [3.8, 4) is 5.75 Å². The van der Waals surface area contributed by atoms with Gasteiger partial charge in [0.1, 0.15) is 11.3 Å². The molecule has 5 heteroatoms. The molecule has 0 fully saturated rings. The summed E-state index contributed by atoms with van der Waals surface area (Å²) in [5.41, 5.74) is 1.18. The number of aromatic carboxylic acids is 1. The molecule has 1 N–H and O–H groups in total. The molecule has 0 aliphatic rings. The largest absolute Gasteiger partial charge is 0.496 e. The average Bonchev–Trinajstić information content (AvgIpc) is 2.98. The quantitative estimate of drug-likeness (QED) is 0.854. The third kappa shape index (κ3) is 4.31. The van der Waals surface area contributed by atoms with E-state index in [1.807, 2.05) is 13.1 Å². The van der Waals surface area contributed by atoms with Crippen molar-refractivity contribution in [2.45, 2.75) is 13.0 Å². The molecule has 2 aromatic rings. The highest BCUT2D eigenvalue weighted by atomic mass is 32.1. The van der Waals surface area contributed by atoms with E-state index in [-0.39, 0.29) is 5.56 Å². The van der Waals surface area contributed by atoms with Gasteiger partial charge in [0, 0.05) is 18.0 Å². The van der Waals surface area contributed by atoms with Crippen LogP contribution < -0.4 is 4.74 Å². The van der Waals surface area contributed by atoms with Crippen LogP contribution in [0.1, 0.15) is 20.8 Å². The highest BCUT2D eigenvalue weighted by Crippen LogP contribution is 2.20. The Morgan fingerprint density at radius 1 is 1.38 bits per heavy atom. The van der Waals surface area contributed by atoms with Crippen molar-refractivity contribution >= 4 is 17.3 Å². The first-order valence-electron chi connectivity index (χ1n) is 6.71. The lowest BCUT2D eigenvalue weighted by molar-refractivity contribution is 0.0693. The molecule has 1 aromatic carbocycles. The molecule has 0 aliphatic heterocycles. The minimum Gasteiger partial charge on any atom is -0.496 e. The van der Waals surface area contributed by atoms with E-state index in [4.69, 9.17) is 4.74 Å². The summed E-state index contributed by atoms with van der Waals surface area (Å²) in [6.45, 7) is 1.66. The Labute approximate surface area is 128 Å². The number of methoxy groups -OCH3 is 1. The number of carboxylic acids is 1. The third-order valence-corrected chi connectivity index (χ3v) is 4.20. The Morgan fingerprint density at radius 3 is 2.81 bits per heavy atom. The van der Waals surface area contributed by atoms with E-state index < -0.39 is 5.97 Å². The number of ether oxygens (including phenoxy) is 1. The summed E-state index contributed by atoms with van der Waals surface area (Å²) in [5.74, 6) is -0.567. The Kier molecular flexibility index (Phi) is 5.36. The maximum atomic E-state index is 11.2. The molecule has 1 aromatic heterocycles. The Morgan fingerprint density at radius 2 is 2.19 bits per heavy atom. The minimum absolute atomic E-state index is 0.210.